The first-order chi connectivity index (χ1) is 14.3. The second-order valence-corrected chi connectivity index (χ2v) is 9.02. The lowest BCUT2D eigenvalue weighted by Gasteiger charge is -2.33. The molecule has 0 spiro atoms. The Kier molecular flexibility index (Phi) is 6.86. The summed E-state index contributed by atoms with van der Waals surface area (Å²) in [7, 11) is -3.55. The third kappa shape index (κ3) is 5.24. The number of carbonyl (C=O) groups is 2. The Morgan fingerprint density at radius 2 is 1.60 bits per heavy atom. The minimum absolute atomic E-state index is 0.207. The van der Waals surface area contributed by atoms with E-state index >= 15 is 0 Å². The van der Waals surface area contributed by atoms with Gasteiger partial charge in [0.05, 0.1) is 4.90 Å². The molecule has 0 aliphatic carbocycles. The molecule has 8 nitrogen and oxygen atoms in total. The fourth-order valence-corrected chi connectivity index (χ4v) is 4.71. The zero-order chi connectivity index (χ0) is 21.7. The van der Waals surface area contributed by atoms with E-state index in [-0.39, 0.29) is 16.7 Å². The monoisotopic (exact) mass is 430 g/mol. The third-order valence-electron chi connectivity index (χ3n) is 4.97. The fourth-order valence-electron chi connectivity index (χ4n) is 3.29. The number of nitrogens with zero attached hydrogens (tertiary/aromatic N) is 2. The highest BCUT2D eigenvalue weighted by Crippen LogP contribution is 2.20. The van der Waals surface area contributed by atoms with Crippen LogP contribution in [-0.4, -0.2) is 62.2 Å². The Balaban J connectivity index is 1.67. The van der Waals surface area contributed by atoms with E-state index in [1.54, 1.807) is 36.4 Å². The first-order valence-electron chi connectivity index (χ1n) is 9.81. The molecule has 1 fully saturated rings. The number of anilines is 2. The van der Waals surface area contributed by atoms with Crippen molar-refractivity contribution < 1.29 is 18.0 Å². The van der Waals surface area contributed by atoms with Crippen molar-refractivity contribution >= 4 is 33.2 Å². The van der Waals surface area contributed by atoms with Gasteiger partial charge in [0.2, 0.25) is 15.9 Å². The predicted octanol–water partition coefficient (Wildman–Crippen LogP) is 2.22. The number of benzene rings is 2. The molecule has 3 rings (SSSR count). The number of nitrogens with one attached hydrogen (secondary N) is 2. The lowest BCUT2D eigenvalue weighted by Crippen LogP contribution is -2.48. The van der Waals surface area contributed by atoms with Crippen molar-refractivity contribution in [3.8, 4) is 0 Å². The number of sulfonamides is 1. The average Bonchev–Trinajstić information content (AvgIpc) is 2.74. The van der Waals surface area contributed by atoms with Crippen LogP contribution in [0.3, 0.4) is 0 Å². The maximum Gasteiger partial charge on any atom is 0.255 e. The standard InChI is InChI=1S/C21H26N4O4S/c1-3-24-11-13-25(14-12-24)30(28,29)20-9-7-18(8-10-20)23-21(27)17-5-4-6-19(15-17)22-16(2)26/h4-10,15H,3,11-14H2,1-2H3,(H,22,26)(H,23,27). The van der Waals surface area contributed by atoms with Crippen molar-refractivity contribution in [2.75, 3.05) is 43.4 Å². The first kappa shape index (κ1) is 21.9. The molecule has 1 heterocycles. The molecule has 30 heavy (non-hydrogen) atoms. The molecule has 2 aromatic carbocycles. The van der Waals surface area contributed by atoms with Crippen molar-refractivity contribution in [2.45, 2.75) is 18.7 Å². The Morgan fingerprint density at radius 1 is 0.933 bits per heavy atom. The van der Waals surface area contributed by atoms with E-state index in [0.29, 0.717) is 30.0 Å². The summed E-state index contributed by atoms with van der Waals surface area (Å²) in [5.74, 6) is -0.575. The van der Waals surface area contributed by atoms with Crippen LogP contribution in [0.25, 0.3) is 0 Å². The van der Waals surface area contributed by atoms with Crippen LogP contribution in [0.2, 0.25) is 0 Å². The maximum absolute atomic E-state index is 12.8. The number of likely N-dealkylation sites (N-methyl/N-ethyl adjacent to an activating group) is 1. The van der Waals surface area contributed by atoms with E-state index in [9.17, 15) is 18.0 Å². The first-order valence-corrected chi connectivity index (χ1v) is 11.2. The lowest BCUT2D eigenvalue weighted by molar-refractivity contribution is -0.114. The lowest BCUT2D eigenvalue weighted by atomic mass is 10.2. The molecule has 0 radical (unpaired) electrons. The topological polar surface area (TPSA) is 98.8 Å². The molecule has 0 bridgehead atoms. The van der Waals surface area contributed by atoms with E-state index in [1.165, 1.54) is 23.4 Å². The largest absolute Gasteiger partial charge is 0.326 e. The summed E-state index contributed by atoms with van der Waals surface area (Å²) in [6.07, 6.45) is 0. The molecular formula is C21H26N4O4S. The summed E-state index contributed by atoms with van der Waals surface area (Å²) in [5.41, 5.74) is 1.39. The van der Waals surface area contributed by atoms with E-state index in [2.05, 4.69) is 22.5 Å². The van der Waals surface area contributed by atoms with Crippen molar-refractivity contribution in [2.24, 2.45) is 0 Å². The van der Waals surface area contributed by atoms with Gasteiger partial charge in [-0.3, -0.25) is 9.59 Å². The smallest absolute Gasteiger partial charge is 0.255 e. The highest BCUT2D eigenvalue weighted by atomic mass is 32.2. The molecule has 160 valence electrons. The normalized spacial score (nSPS) is 15.5. The van der Waals surface area contributed by atoms with Crippen LogP contribution in [-0.2, 0) is 14.8 Å². The Labute approximate surface area is 176 Å². The molecule has 0 aromatic heterocycles. The van der Waals surface area contributed by atoms with Gasteiger partial charge in [-0.2, -0.15) is 4.31 Å². The van der Waals surface area contributed by atoms with Gasteiger partial charge in [-0.05, 0) is 49.0 Å². The zero-order valence-corrected chi connectivity index (χ0v) is 17.9. The molecule has 9 heteroatoms. The molecule has 1 saturated heterocycles. The van der Waals surface area contributed by atoms with Crippen LogP contribution in [0.5, 0.6) is 0 Å². The Morgan fingerprint density at radius 3 is 2.20 bits per heavy atom. The molecule has 1 aliphatic heterocycles. The minimum atomic E-state index is -3.55. The van der Waals surface area contributed by atoms with Crippen LogP contribution >= 0.6 is 0 Å². The molecular weight excluding hydrogens is 404 g/mol. The van der Waals surface area contributed by atoms with Crippen LogP contribution in [0.4, 0.5) is 11.4 Å². The van der Waals surface area contributed by atoms with E-state index in [0.717, 1.165) is 19.6 Å². The van der Waals surface area contributed by atoms with Gasteiger partial charge in [0.15, 0.2) is 0 Å². The Hall–Kier alpha value is -2.75. The maximum atomic E-state index is 12.8. The number of piperazine rings is 1. The van der Waals surface area contributed by atoms with Gasteiger partial charge < -0.3 is 15.5 Å². The summed E-state index contributed by atoms with van der Waals surface area (Å²) >= 11 is 0. The van der Waals surface area contributed by atoms with Crippen LogP contribution in [0.15, 0.2) is 53.4 Å². The van der Waals surface area contributed by atoms with Gasteiger partial charge >= 0.3 is 0 Å². The molecule has 2 aromatic rings. The number of hydrogen-bond donors (Lipinski definition) is 2. The van der Waals surface area contributed by atoms with Crippen LogP contribution < -0.4 is 10.6 Å². The van der Waals surface area contributed by atoms with Gasteiger partial charge in [-0.25, -0.2) is 8.42 Å². The predicted molar refractivity (Wildman–Crippen MR) is 116 cm³/mol. The number of hydrogen-bond acceptors (Lipinski definition) is 5. The Bertz CT molecular complexity index is 1010. The number of amides is 2. The molecule has 0 saturated carbocycles. The van der Waals surface area contributed by atoms with Crippen LogP contribution in [0, 0.1) is 0 Å². The highest BCUT2D eigenvalue weighted by molar-refractivity contribution is 7.89. The van der Waals surface area contributed by atoms with Gasteiger partial charge in [0.25, 0.3) is 5.91 Å². The second kappa shape index (κ2) is 9.38. The molecule has 0 unspecified atom stereocenters. The molecule has 2 amide bonds. The highest BCUT2D eigenvalue weighted by Gasteiger charge is 2.27. The zero-order valence-electron chi connectivity index (χ0n) is 17.1. The average molecular weight is 431 g/mol. The summed E-state index contributed by atoms with van der Waals surface area (Å²) < 4.78 is 27.2. The summed E-state index contributed by atoms with van der Waals surface area (Å²) in [5, 5.41) is 5.38. The molecule has 2 N–H and O–H groups in total. The summed E-state index contributed by atoms with van der Waals surface area (Å²) in [6.45, 7) is 6.76. The quantitative estimate of drug-likeness (QED) is 0.732. The fraction of sp³-hybridized carbons (Fsp3) is 0.333. The second-order valence-electron chi connectivity index (χ2n) is 7.08. The van der Waals surface area contributed by atoms with Gasteiger partial charge in [0, 0.05) is 50.0 Å². The SMILES string of the molecule is CCN1CCN(S(=O)(=O)c2ccc(NC(=O)c3cccc(NC(C)=O)c3)cc2)CC1. The minimum Gasteiger partial charge on any atom is -0.326 e. The van der Waals surface area contributed by atoms with Crippen molar-refractivity contribution in [3.63, 3.8) is 0 Å². The van der Waals surface area contributed by atoms with E-state index in [1.807, 2.05) is 0 Å². The summed E-state index contributed by atoms with van der Waals surface area (Å²) in [6, 6.07) is 12.7. The van der Waals surface area contributed by atoms with Gasteiger partial charge in [-0.1, -0.05) is 13.0 Å². The third-order valence-corrected chi connectivity index (χ3v) is 6.89. The van der Waals surface area contributed by atoms with Crippen molar-refractivity contribution in [3.05, 3.63) is 54.1 Å². The van der Waals surface area contributed by atoms with Gasteiger partial charge in [0.1, 0.15) is 0 Å². The van der Waals surface area contributed by atoms with Crippen LogP contribution in [0.1, 0.15) is 24.2 Å². The summed E-state index contributed by atoms with van der Waals surface area (Å²) in [4.78, 5) is 26.1. The molecule has 0 atom stereocenters. The van der Waals surface area contributed by atoms with Gasteiger partial charge in [-0.15, -0.1) is 0 Å². The molecule has 1 aliphatic rings. The van der Waals surface area contributed by atoms with Crippen molar-refractivity contribution in [1.82, 2.24) is 9.21 Å². The van der Waals surface area contributed by atoms with Crippen molar-refractivity contribution in [1.29, 1.82) is 0 Å². The number of carbonyl (C=O) groups excluding carboxylic acids is 2. The number of rotatable bonds is 6. The van der Waals surface area contributed by atoms with E-state index in [4.69, 9.17) is 0 Å². The van der Waals surface area contributed by atoms with E-state index < -0.39 is 10.0 Å².